The van der Waals surface area contributed by atoms with Gasteiger partial charge in [-0.2, -0.15) is 5.10 Å². The first kappa shape index (κ1) is 13.4. The average molecular weight is 304 g/mol. The van der Waals surface area contributed by atoms with E-state index in [1.807, 2.05) is 0 Å². The first-order chi connectivity index (χ1) is 10.6. The molecule has 4 rings (SSSR count). The molecule has 1 aliphatic carbocycles. The third kappa shape index (κ3) is 2.17. The average Bonchev–Trinajstić information content (AvgIpc) is 3.04. The van der Waals surface area contributed by atoms with Gasteiger partial charge in [0.05, 0.1) is 6.04 Å². The van der Waals surface area contributed by atoms with Gasteiger partial charge >= 0.3 is 0 Å². The van der Waals surface area contributed by atoms with Crippen molar-refractivity contribution in [2.75, 3.05) is 13.1 Å². The van der Waals surface area contributed by atoms with Gasteiger partial charge in [-0.1, -0.05) is 6.07 Å². The van der Waals surface area contributed by atoms with E-state index in [0.29, 0.717) is 25.1 Å². The Balaban J connectivity index is 1.38. The van der Waals surface area contributed by atoms with E-state index >= 15 is 0 Å². The van der Waals surface area contributed by atoms with Crippen LogP contribution in [0.5, 0.6) is 0 Å². The molecule has 1 aromatic carbocycles. The Bertz CT molecular complexity index is 712. The first-order valence-electron chi connectivity index (χ1n) is 7.21. The molecule has 2 aliphatic rings. The number of hydrogen-bond donors (Lipinski definition) is 0. The molecule has 0 bridgehead atoms. The van der Waals surface area contributed by atoms with Crippen LogP contribution in [0.25, 0.3) is 0 Å². The molecule has 0 unspecified atom stereocenters. The molecule has 2 heterocycles. The Morgan fingerprint density at radius 1 is 1.27 bits per heavy atom. The molecule has 2 fully saturated rings. The fraction of sp³-hybridized carbons (Fsp3) is 0.400. The molecule has 1 amide bonds. The number of nitrogens with zero attached hydrogens (tertiary/aromatic N) is 4. The Morgan fingerprint density at radius 2 is 2.09 bits per heavy atom. The van der Waals surface area contributed by atoms with E-state index < -0.39 is 11.6 Å². The van der Waals surface area contributed by atoms with Crippen LogP contribution in [-0.2, 0) is 4.79 Å². The molecule has 1 saturated carbocycles. The largest absolute Gasteiger partial charge is 0.338 e. The molecular weight excluding hydrogens is 290 g/mol. The van der Waals surface area contributed by atoms with Crippen LogP contribution >= 0.6 is 0 Å². The van der Waals surface area contributed by atoms with Crippen molar-refractivity contribution < 1.29 is 13.6 Å². The fourth-order valence-electron chi connectivity index (χ4n) is 3.06. The smallest absolute Gasteiger partial charge is 0.226 e. The van der Waals surface area contributed by atoms with Crippen LogP contribution in [-0.4, -0.2) is 38.7 Å². The first-order valence-corrected chi connectivity index (χ1v) is 7.21. The molecule has 2 aromatic rings. The minimum Gasteiger partial charge on any atom is -0.338 e. The van der Waals surface area contributed by atoms with Gasteiger partial charge < -0.3 is 4.90 Å². The molecule has 7 heteroatoms. The summed E-state index contributed by atoms with van der Waals surface area (Å²) >= 11 is 0. The maximum atomic E-state index is 13.7. The number of halogens is 2. The topological polar surface area (TPSA) is 51.0 Å². The van der Waals surface area contributed by atoms with E-state index in [1.165, 1.54) is 18.5 Å². The summed E-state index contributed by atoms with van der Waals surface area (Å²) in [5.74, 6) is -1.42. The molecule has 2 atom stereocenters. The van der Waals surface area contributed by atoms with Crippen LogP contribution < -0.4 is 0 Å². The maximum Gasteiger partial charge on any atom is 0.226 e. The quantitative estimate of drug-likeness (QED) is 0.868. The zero-order valence-corrected chi connectivity index (χ0v) is 11.7. The molecule has 0 radical (unpaired) electrons. The van der Waals surface area contributed by atoms with Gasteiger partial charge in [0.2, 0.25) is 5.91 Å². The minimum atomic E-state index is -0.594. The highest BCUT2D eigenvalue weighted by atomic mass is 19.1. The second kappa shape index (κ2) is 4.86. The molecule has 0 N–H and O–H groups in total. The van der Waals surface area contributed by atoms with Crippen molar-refractivity contribution in [3.8, 4) is 0 Å². The highest BCUT2D eigenvalue weighted by Crippen LogP contribution is 2.50. The number of aromatic nitrogens is 3. The number of rotatable bonds is 3. The van der Waals surface area contributed by atoms with E-state index in [1.54, 1.807) is 15.9 Å². The number of hydrogen-bond acceptors (Lipinski definition) is 3. The molecular formula is C15H14F2N4O. The monoisotopic (exact) mass is 304 g/mol. The third-order valence-electron chi connectivity index (χ3n) is 4.45. The summed E-state index contributed by atoms with van der Waals surface area (Å²) in [5, 5.41) is 4.06. The van der Waals surface area contributed by atoms with Gasteiger partial charge in [-0.3, -0.25) is 4.79 Å². The zero-order valence-electron chi connectivity index (χ0n) is 11.7. The molecule has 1 aliphatic heterocycles. The van der Waals surface area contributed by atoms with E-state index in [9.17, 15) is 13.6 Å². The molecule has 22 heavy (non-hydrogen) atoms. The summed E-state index contributed by atoms with van der Waals surface area (Å²) in [4.78, 5) is 18.0. The van der Waals surface area contributed by atoms with Crippen LogP contribution in [0.3, 0.4) is 0 Å². The molecule has 114 valence electrons. The second-order valence-electron chi connectivity index (χ2n) is 5.89. The second-order valence-corrected chi connectivity index (χ2v) is 5.89. The fourth-order valence-corrected chi connectivity index (χ4v) is 3.06. The number of likely N-dealkylation sites (tertiary alicyclic amines) is 1. The Kier molecular flexibility index (Phi) is 2.95. The number of carbonyl (C=O) groups is 1. The van der Waals surface area contributed by atoms with Gasteiger partial charge in [0.25, 0.3) is 0 Å². The van der Waals surface area contributed by atoms with Crippen LogP contribution in [0, 0.1) is 17.6 Å². The van der Waals surface area contributed by atoms with Crippen LogP contribution in [0.4, 0.5) is 8.78 Å². The Labute approximate surface area is 125 Å². The zero-order chi connectivity index (χ0) is 15.3. The standard InChI is InChI=1S/C15H14F2N4O/c16-9-1-2-11(14(17)3-9)12-4-13(12)15(22)20-5-10(6-20)21-8-18-7-19-21/h1-3,7-8,10,12-13H,4-6H2/t12-,13+/m1/s1. The lowest BCUT2D eigenvalue weighted by atomic mass is 10.1. The highest BCUT2D eigenvalue weighted by molar-refractivity contribution is 5.83. The summed E-state index contributed by atoms with van der Waals surface area (Å²) < 4.78 is 28.4. The lowest BCUT2D eigenvalue weighted by Gasteiger charge is -2.39. The van der Waals surface area contributed by atoms with E-state index in [2.05, 4.69) is 10.1 Å². The normalized spacial score (nSPS) is 24.2. The van der Waals surface area contributed by atoms with Gasteiger partial charge in [0.1, 0.15) is 24.3 Å². The molecule has 5 nitrogen and oxygen atoms in total. The summed E-state index contributed by atoms with van der Waals surface area (Å²) in [5.41, 5.74) is 0.438. The van der Waals surface area contributed by atoms with Crippen LogP contribution in [0.2, 0.25) is 0 Å². The van der Waals surface area contributed by atoms with E-state index in [-0.39, 0.29) is 23.8 Å². The highest BCUT2D eigenvalue weighted by Gasteiger charge is 2.49. The predicted molar refractivity (Wildman–Crippen MR) is 72.8 cm³/mol. The van der Waals surface area contributed by atoms with Crippen molar-refractivity contribution in [3.63, 3.8) is 0 Å². The van der Waals surface area contributed by atoms with Crippen molar-refractivity contribution >= 4 is 5.91 Å². The van der Waals surface area contributed by atoms with Crippen molar-refractivity contribution in [3.05, 3.63) is 48.1 Å². The van der Waals surface area contributed by atoms with E-state index in [4.69, 9.17) is 0 Å². The Morgan fingerprint density at radius 3 is 2.77 bits per heavy atom. The molecule has 1 saturated heterocycles. The maximum absolute atomic E-state index is 13.7. The Hall–Kier alpha value is -2.31. The van der Waals surface area contributed by atoms with Gasteiger partial charge in [0, 0.05) is 25.1 Å². The summed E-state index contributed by atoms with van der Waals surface area (Å²) in [6, 6.07) is 3.73. The predicted octanol–water partition coefficient (Wildman–Crippen LogP) is 1.74. The number of carbonyl (C=O) groups excluding carboxylic acids is 1. The van der Waals surface area contributed by atoms with Crippen LogP contribution in [0.1, 0.15) is 23.9 Å². The number of benzene rings is 1. The van der Waals surface area contributed by atoms with Gasteiger partial charge in [-0.05, 0) is 24.0 Å². The molecule has 1 aromatic heterocycles. The lowest BCUT2D eigenvalue weighted by Crippen LogP contribution is -2.51. The van der Waals surface area contributed by atoms with Crippen molar-refractivity contribution in [1.82, 2.24) is 19.7 Å². The third-order valence-corrected chi connectivity index (χ3v) is 4.45. The van der Waals surface area contributed by atoms with Gasteiger partial charge in [-0.15, -0.1) is 0 Å². The summed E-state index contributed by atoms with van der Waals surface area (Å²) in [7, 11) is 0. The lowest BCUT2D eigenvalue weighted by molar-refractivity contribution is -0.138. The van der Waals surface area contributed by atoms with Crippen molar-refractivity contribution in [2.24, 2.45) is 5.92 Å². The van der Waals surface area contributed by atoms with Gasteiger partial charge in [-0.25, -0.2) is 18.4 Å². The van der Waals surface area contributed by atoms with Crippen molar-refractivity contribution in [1.29, 1.82) is 0 Å². The van der Waals surface area contributed by atoms with Gasteiger partial charge in [0.15, 0.2) is 0 Å². The van der Waals surface area contributed by atoms with Crippen molar-refractivity contribution in [2.45, 2.75) is 18.4 Å². The SMILES string of the molecule is O=C([C@H]1C[C@@H]1c1ccc(F)cc1F)N1CC(n2cncn2)C1. The summed E-state index contributed by atoms with van der Waals surface area (Å²) in [6.45, 7) is 1.22. The van der Waals surface area contributed by atoms with E-state index in [0.717, 1.165) is 6.07 Å². The molecule has 0 spiro atoms. The number of amides is 1. The minimum absolute atomic E-state index is 0.0464. The summed E-state index contributed by atoms with van der Waals surface area (Å²) in [6.07, 6.45) is 3.74. The van der Waals surface area contributed by atoms with Crippen LogP contribution in [0.15, 0.2) is 30.9 Å².